The first-order chi connectivity index (χ1) is 12.5. The largest absolute Gasteiger partial charge is 0.416 e. The topological polar surface area (TPSA) is 62.1 Å². The molecule has 3 aromatic rings. The SMILES string of the molecule is COCc1ncn(Cc2cnc(OC(F)F)c(-c3cccc(Cl)c3)c2)n1. The Labute approximate surface area is 153 Å². The zero-order valence-electron chi connectivity index (χ0n) is 13.8. The van der Waals surface area contributed by atoms with Crippen molar-refractivity contribution in [2.24, 2.45) is 0 Å². The lowest BCUT2D eigenvalue weighted by Gasteiger charge is -2.12. The van der Waals surface area contributed by atoms with Crippen molar-refractivity contribution in [2.75, 3.05) is 7.11 Å². The summed E-state index contributed by atoms with van der Waals surface area (Å²) in [5.74, 6) is 0.387. The van der Waals surface area contributed by atoms with Gasteiger partial charge in [0.15, 0.2) is 5.82 Å². The Morgan fingerprint density at radius 3 is 2.81 bits per heavy atom. The molecule has 0 aliphatic rings. The highest BCUT2D eigenvalue weighted by molar-refractivity contribution is 6.30. The van der Waals surface area contributed by atoms with Crippen LogP contribution in [0.25, 0.3) is 11.1 Å². The maximum absolute atomic E-state index is 12.7. The van der Waals surface area contributed by atoms with Gasteiger partial charge in [-0.25, -0.2) is 14.6 Å². The lowest BCUT2D eigenvalue weighted by molar-refractivity contribution is -0.0524. The van der Waals surface area contributed by atoms with E-state index in [0.29, 0.717) is 35.1 Å². The highest BCUT2D eigenvalue weighted by Gasteiger charge is 2.15. The Morgan fingerprint density at radius 2 is 2.08 bits per heavy atom. The summed E-state index contributed by atoms with van der Waals surface area (Å²) in [7, 11) is 1.56. The molecular formula is C17H15ClF2N4O2. The Morgan fingerprint density at radius 1 is 1.23 bits per heavy atom. The fourth-order valence-corrected chi connectivity index (χ4v) is 2.61. The molecule has 0 N–H and O–H groups in total. The monoisotopic (exact) mass is 380 g/mol. The molecule has 6 nitrogen and oxygen atoms in total. The van der Waals surface area contributed by atoms with Crippen molar-refractivity contribution in [3.05, 3.63) is 59.3 Å². The van der Waals surface area contributed by atoms with Crippen LogP contribution in [0.1, 0.15) is 11.4 Å². The normalized spacial score (nSPS) is 11.1. The highest BCUT2D eigenvalue weighted by atomic mass is 35.5. The van der Waals surface area contributed by atoms with E-state index in [0.717, 1.165) is 5.56 Å². The van der Waals surface area contributed by atoms with Gasteiger partial charge in [-0.3, -0.25) is 0 Å². The van der Waals surface area contributed by atoms with E-state index in [1.165, 1.54) is 6.20 Å². The average molecular weight is 381 g/mol. The molecule has 0 saturated heterocycles. The lowest BCUT2D eigenvalue weighted by Crippen LogP contribution is -2.07. The fraction of sp³-hybridized carbons (Fsp3) is 0.235. The van der Waals surface area contributed by atoms with Crippen LogP contribution in [0.3, 0.4) is 0 Å². The van der Waals surface area contributed by atoms with Crippen LogP contribution in [-0.4, -0.2) is 33.5 Å². The Bertz CT molecular complexity index is 889. The minimum Gasteiger partial charge on any atom is -0.416 e. The number of hydrogen-bond acceptors (Lipinski definition) is 5. The number of benzene rings is 1. The van der Waals surface area contributed by atoms with E-state index in [1.54, 1.807) is 48.5 Å². The van der Waals surface area contributed by atoms with Gasteiger partial charge in [0.2, 0.25) is 5.88 Å². The van der Waals surface area contributed by atoms with Gasteiger partial charge in [-0.2, -0.15) is 13.9 Å². The van der Waals surface area contributed by atoms with Gasteiger partial charge in [0, 0.05) is 23.9 Å². The Balaban J connectivity index is 1.93. The molecule has 9 heteroatoms. The number of pyridine rings is 1. The van der Waals surface area contributed by atoms with Crippen LogP contribution in [0.2, 0.25) is 5.02 Å². The van der Waals surface area contributed by atoms with Crippen molar-refractivity contribution in [3.8, 4) is 17.0 Å². The third-order valence-corrected chi connectivity index (χ3v) is 3.68. The molecule has 2 aromatic heterocycles. The standard InChI is InChI=1S/C17H15ClF2N4O2/c1-25-9-15-22-10-24(23-15)8-11-5-14(12-3-2-4-13(18)6-12)16(21-7-11)26-17(19)20/h2-7,10,17H,8-9H2,1H3. The van der Waals surface area contributed by atoms with Crippen LogP contribution in [0.5, 0.6) is 5.88 Å². The minimum atomic E-state index is -2.97. The summed E-state index contributed by atoms with van der Waals surface area (Å²) in [6, 6.07) is 8.55. The Hall–Kier alpha value is -2.58. The van der Waals surface area contributed by atoms with E-state index in [2.05, 4.69) is 19.8 Å². The van der Waals surface area contributed by atoms with E-state index in [4.69, 9.17) is 16.3 Å². The maximum Gasteiger partial charge on any atom is 0.388 e. The second-order valence-corrected chi connectivity index (χ2v) is 5.81. The molecule has 3 rings (SSSR count). The number of ether oxygens (including phenoxy) is 2. The molecule has 0 aliphatic carbocycles. The molecule has 0 amide bonds. The quantitative estimate of drug-likeness (QED) is 0.624. The smallest absolute Gasteiger partial charge is 0.388 e. The molecule has 0 bridgehead atoms. The molecule has 1 aromatic carbocycles. The first kappa shape index (κ1) is 18.2. The molecule has 2 heterocycles. The summed E-state index contributed by atoms with van der Waals surface area (Å²) in [5, 5.41) is 4.75. The van der Waals surface area contributed by atoms with Gasteiger partial charge >= 0.3 is 6.61 Å². The molecule has 0 aliphatic heterocycles. The van der Waals surface area contributed by atoms with Gasteiger partial charge in [0.05, 0.1) is 6.54 Å². The molecular weight excluding hydrogens is 366 g/mol. The van der Waals surface area contributed by atoms with Crippen LogP contribution in [-0.2, 0) is 17.9 Å². The number of halogens is 3. The summed E-state index contributed by atoms with van der Waals surface area (Å²) in [5.41, 5.74) is 1.79. The molecule has 136 valence electrons. The van der Waals surface area contributed by atoms with Crippen LogP contribution in [0.4, 0.5) is 8.78 Å². The average Bonchev–Trinajstić information content (AvgIpc) is 3.03. The zero-order valence-corrected chi connectivity index (χ0v) is 14.5. The Kier molecular flexibility index (Phi) is 5.75. The van der Waals surface area contributed by atoms with Crippen molar-refractivity contribution < 1.29 is 18.3 Å². The van der Waals surface area contributed by atoms with E-state index in [1.807, 2.05) is 0 Å². The van der Waals surface area contributed by atoms with Crippen molar-refractivity contribution in [1.82, 2.24) is 19.7 Å². The molecule has 0 radical (unpaired) electrons. The number of nitrogens with zero attached hydrogens (tertiary/aromatic N) is 4. The predicted molar refractivity (Wildman–Crippen MR) is 91.2 cm³/mol. The summed E-state index contributed by atoms with van der Waals surface area (Å²) in [6.45, 7) is -2.30. The number of aromatic nitrogens is 4. The van der Waals surface area contributed by atoms with Gasteiger partial charge in [0.1, 0.15) is 12.9 Å². The van der Waals surface area contributed by atoms with E-state index < -0.39 is 6.61 Å². The van der Waals surface area contributed by atoms with Gasteiger partial charge in [-0.15, -0.1) is 0 Å². The predicted octanol–water partition coefficient (Wildman–Crippen LogP) is 3.79. The number of alkyl halides is 2. The second-order valence-electron chi connectivity index (χ2n) is 5.38. The number of hydrogen-bond donors (Lipinski definition) is 0. The maximum atomic E-state index is 12.7. The number of methoxy groups -OCH3 is 1. The van der Waals surface area contributed by atoms with Crippen molar-refractivity contribution in [3.63, 3.8) is 0 Å². The van der Waals surface area contributed by atoms with Crippen molar-refractivity contribution >= 4 is 11.6 Å². The van der Waals surface area contributed by atoms with Crippen LogP contribution < -0.4 is 4.74 Å². The van der Waals surface area contributed by atoms with Crippen LogP contribution in [0, 0.1) is 0 Å². The summed E-state index contributed by atoms with van der Waals surface area (Å²) in [4.78, 5) is 8.15. The molecule has 26 heavy (non-hydrogen) atoms. The first-order valence-corrected chi connectivity index (χ1v) is 8.00. The van der Waals surface area contributed by atoms with E-state index in [-0.39, 0.29) is 5.88 Å². The summed E-state index contributed by atoms with van der Waals surface area (Å²) < 4.78 is 36.5. The third-order valence-electron chi connectivity index (χ3n) is 3.45. The van der Waals surface area contributed by atoms with Gasteiger partial charge < -0.3 is 9.47 Å². The molecule has 0 saturated carbocycles. The second kappa shape index (κ2) is 8.20. The minimum absolute atomic E-state index is 0.162. The highest BCUT2D eigenvalue weighted by Crippen LogP contribution is 2.31. The molecule has 0 atom stereocenters. The molecule has 0 unspecified atom stereocenters. The number of rotatable bonds is 7. The van der Waals surface area contributed by atoms with Crippen LogP contribution >= 0.6 is 11.6 Å². The van der Waals surface area contributed by atoms with Crippen molar-refractivity contribution in [2.45, 2.75) is 19.8 Å². The lowest BCUT2D eigenvalue weighted by atomic mass is 10.1. The summed E-state index contributed by atoms with van der Waals surface area (Å²) in [6.07, 6.45) is 3.03. The third kappa shape index (κ3) is 4.53. The van der Waals surface area contributed by atoms with Crippen molar-refractivity contribution in [1.29, 1.82) is 0 Å². The van der Waals surface area contributed by atoms with Gasteiger partial charge in [0.25, 0.3) is 0 Å². The van der Waals surface area contributed by atoms with E-state index in [9.17, 15) is 8.78 Å². The van der Waals surface area contributed by atoms with E-state index >= 15 is 0 Å². The fourth-order valence-electron chi connectivity index (χ4n) is 2.41. The first-order valence-electron chi connectivity index (χ1n) is 7.62. The van der Waals surface area contributed by atoms with Crippen LogP contribution in [0.15, 0.2) is 42.9 Å². The van der Waals surface area contributed by atoms with Gasteiger partial charge in [-0.05, 0) is 29.3 Å². The van der Waals surface area contributed by atoms with Gasteiger partial charge in [-0.1, -0.05) is 23.7 Å². The molecule has 0 spiro atoms. The summed E-state index contributed by atoms with van der Waals surface area (Å²) >= 11 is 6.01. The molecule has 0 fully saturated rings. The zero-order chi connectivity index (χ0) is 18.5.